The van der Waals surface area contributed by atoms with Gasteiger partial charge in [0, 0.05) is 7.78 Å². The lowest BCUT2D eigenvalue weighted by Gasteiger charge is -1.85. The highest BCUT2D eigenvalue weighted by Crippen LogP contribution is 2.25. The molecule has 0 aromatic heterocycles. The van der Waals surface area contributed by atoms with Gasteiger partial charge in [-0.15, -0.1) is 0 Å². The predicted molar refractivity (Wildman–Crippen MR) is 33.3 cm³/mol. The van der Waals surface area contributed by atoms with Gasteiger partial charge < -0.3 is 4.18 Å². The number of hydrogen-bond donors (Lipinski definition) is 0. The molecule has 6 heavy (non-hydrogen) atoms. The second-order valence-electron chi connectivity index (χ2n) is 0.752. The number of rotatable bonds is 0. The van der Waals surface area contributed by atoms with Crippen molar-refractivity contribution in [2.24, 2.45) is 0 Å². The second-order valence-corrected chi connectivity index (χ2v) is 5.60. The first-order valence-electron chi connectivity index (χ1n) is 1.40. The molecule has 1 heterocycles. The lowest BCUT2D eigenvalue weighted by molar-refractivity contribution is 0.575. The van der Waals surface area contributed by atoms with E-state index in [2.05, 4.69) is 0 Å². The first-order valence-corrected chi connectivity index (χ1v) is 5.27. The molecule has 34 valence electrons. The molecule has 0 N–H and O–H groups in total. The number of hydrogen-bond acceptors (Lipinski definition) is 2. The monoisotopic (exact) mass is 138 g/mol. The van der Waals surface area contributed by atoms with Crippen molar-refractivity contribution in [3.05, 3.63) is 12.1 Å². The predicted octanol–water partition coefficient (Wildman–Crippen LogP) is 1.08. The van der Waals surface area contributed by atoms with E-state index < -0.39 is 0 Å². The Balaban J connectivity index is 2.52. The summed E-state index contributed by atoms with van der Waals surface area (Å²) in [7, 11) is 0.549. The summed E-state index contributed by atoms with van der Waals surface area (Å²) >= 11 is 4.76. The largest absolute Gasteiger partial charge is 0.427 e. The van der Waals surface area contributed by atoms with Gasteiger partial charge in [0.1, 0.15) is 6.26 Å². The molecule has 0 aromatic rings. The molecule has 0 amide bonds. The van der Waals surface area contributed by atoms with Crippen molar-refractivity contribution in [3.63, 3.8) is 0 Å². The van der Waals surface area contributed by atoms with Crippen LogP contribution in [0, 0.1) is 0 Å². The van der Waals surface area contributed by atoms with Crippen LogP contribution in [-0.4, -0.2) is 0 Å². The molecule has 4 heteroatoms. The third-order valence-electron chi connectivity index (χ3n) is 0.375. The molecule has 0 saturated carbocycles. The van der Waals surface area contributed by atoms with Gasteiger partial charge in [-0.3, -0.25) is 0 Å². The standard InChI is InChI=1S/C2H3OPS2/c5-6-3-1-2-4-6/h1-2,4H. The van der Waals surface area contributed by atoms with E-state index in [4.69, 9.17) is 15.4 Å². The maximum atomic E-state index is 4.83. The van der Waals surface area contributed by atoms with Gasteiger partial charge in [0.15, 0.2) is 0 Å². The summed E-state index contributed by atoms with van der Waals surface area (Å²) in [6.07, 6.45) is 1.68. The summed E-state index contributed by atoms with van der Waals surface area (Å²) < 4.78 is 4.83. The fourth-order valence-electron chi connectivity index (χ4n) is 0.189. The van der Waals surface area contributed by atoms with Gasteiger partial charge in [-0.05, 0) is 17.0 Å². The molecule has 0 bridgehead atoms. The lowest BCUT2D eigenvalue weighted by Crippen LogP contribution is -1.66. The van der Waals surface area contributed by atoms with Gasteiger partial charge in [0.05, 0.1) is 9.35 Å². The van der Waals surface area contributed by atoms with Gasteiger partial charge >= 0.3 is 0 Å². The maximum absolute atomic E-state index is 4.83. The smallest absolute Gasteiger partial charge is 0.103 e. The Hall–Kier alpha value is 0.540. The van der Waals surface area contributed by atoms with E-state index in [1.807, 2.05) is 5.82 Å². The van der Waals surface area contributed by atoms with Crippen LogP contribution in [0.1, 0.15) is 0 Å². The van der Waals surface area contributed by atoms with Gasteiger partial charge in [0.25, 0.3) is 0 Å². The normalized spacial score (nSPS) is 34.3. The highest BCUT2D eigenvalue weighted by molar-refractivity contribution is 8.59. The van der Waals surface area contributed by atoms with Crippen LogP contribution < -0.4 is 0 Å². The van der Waals surface area contributed by atoms with Crippen molar-refractivity contribution in [3.8, 4) is 0 Å². The Kier molecular flexibility index (Phi) is 1.57. The van der Waals surface area contributed by atoms with Gasteiger partial charge in [-0.2, -0.15) is 0 Å². The van der Waals surface area contributed by atoms with Crippen LogP contribution in [0.2, 0.25) is 0 Å². The van der Waals surface area contributed by atoms with Crippen LogP contribution in [0.3, 0.4) is 0 Å². The van der Waals surface area contributed by atoms with Gasteiger partial charge in [0.2, 0.25) is 0 Å². The Morgan fingerprint density at radius 3 is 2.83 bits per heavy atom. The summed E-state index contributed by atoms with van der Waals surface area (Å²) in [5.74, 6) is 1.97. The fourth-order valence-corrected chi connectivity index (χ4v) is 2.20. The first kappa shape index (κ1) is 4.69. The van der Waals surface area contributed by atoms with Crippen molar-refractivity contribution in [2.45, 2.75) is 0 Å². The zero-order valence-electron chi connectivity index (χ0n) is 2.88. The van der Waals surface area contributed by atoms with Crippen LogP contribution in [-0.2, 0) is 24.7 Å². The first-order chi connectivity index (χ1) is 2.89. The van der Waals surface area contributed by atoms with Crippen molar-refractivity contribution in [1.29, 1.82) is 0 Å². The van der Waals surface area contributed by atoms with E-state index in [1.54, 1.807) is 6.26 Å². The third kappa shape index (κ3) is 1.00. The van der Waals surface area contributed by atoms with Crippen LogP contribution in [0.25, 0.3) is 0 Å². The van der Waals surface area contributed by atoms with Crippen molar-refractivity contribution < 1.29 is 4.18 Å². The topological polar surface area (TPSA) is 9.23 Å². The summed E-state index contributed by atoms with van der Waals surface area (Å²) in [6.45, 7) is 0. The summed E-state index contributed by atoms with van der Waals surface area (Å²) in [5, 5.41) is 0. The Bertz CT molecular complexity index is 89.7. The molecule has 2 unspecified atom stereocenters. The minimum Gasteiger partial charge on any atom is -0.427 e. The Labute approximate surface area is 45.1 Å². The fraction of sp³-hybridized carbons (Fsp3) is 0. The molecule has 0 spiro atoms. The summed E-state index contributed by atoms with van der Waals surface area (Å²) in [6, 6.07) is 0. The zero-order valence-corrected chi connectivity index (χ0v) is 5.51. The molecule has 1 aliphatic rings. The Morgan fingerprint density at radius 1 is 1.83 bits per heavy atom. The molecular formula is C2H3OPS2. The summed E-state index contributed by atoms with van der Waals surface area (Å²) in [5.41, 5.74) is 0. The highest BCUT2D eigenvalue weighted by atomic mass is 33.1. The molecule has 2 atom stereocenters. The van der Waals surface area contributed by atoms with Crippen molar-refractivity contribution in [2.75, 3.05) is 0 Å². The average molecular weight is 138 g/mol. The lowest BCUT2D eigenvalue weighted by atomic mass is 11.2. The molecule has 0 fully saturated rings. The quantitative estimate of drug-likeness (QED) is 0.463. The van der Waals surface area contributed by atoms with Crippen LogP contribution >= 0.6 is 7.78 Å². The van der Waals surface area contributed by atoms with E-state index in [-0.39, 0.29) is 9.35 Å². The van der Waals surface area contributed by atoms with Gasteiger partial charge in [-0.25, -0.2) is 0 Å². The molecule has 0 aromatic carbocycles. The van der Waals surface area contributed by atoms with Crippen LogP contribution in [0.15, 0.2) is 12.1 Å². The van der Waals surface area contributed by atoms with Crippen molar-refractivity contribution in [1.82, 2.24) is 0 Å². The van der Waals surface area contributed by atoms with Gasteiger partial charge in [-0.1, -0.05) is 0 Å². The zero-order chi connectivity index (χ0) is 4.41. The highest BCUT2D eigenvalue weighted by Gasteiger charge is 1.93. The molecular weight excluding hydrogens is 135 g/mol. The minimum absolute atomic E-state index is 0.173. The van der Waals surface area contributed by atoms with E-state index in [9.17, 15) is 0 Å². The second kappa shape index (κ2) is 2.01. The maximum Gasteiger partial charge on any atom is 0.103 e. The van der Waals surface area contributed by atoms with E-state index in [0.29, 0.717) is 0 Å². The van der Waals surface area contributed by atoms with Crippen molar-refractivity contribution >= 4 is 28.3 Å². The van der Waals surface area contributed by atoms with E-state index >= 15 is 0 Å². The SMILES string of the molecule is S=S1OC=CP1. The molecule has 0 aliphatic carbocycles. The Morgan fingerprint density at radius 2 is 2.67 bits per heavy atom. The molecule has 1 aliphatic heterocycles. The molecule has 1 rings (SSSR count). The molecule has 0 saturated heterocycles. The summed E-state index contributed by atoms with van der Waals surface area (Å²) in [4.78, 5) is 0. The van der Waals surface area contributed by atoms with E-state index in [0.717, 1.165) is 7.78 Å². The third-order valence-corrected chi connectivity index (χ3v) is 3.50. The molecule has 1 nitrogen and oxygen atoms in total. The van der Waals surface area contributed by atoms with E-state index in [1.165, 1.54) is 0 Å². The van der Waals surface area contributed by atoms with Crippen LogP contribution in [0.5, 0.6) is 0 Å². The average Bonchev–Trinajstić information content (AvgIpc) is 1.86. The van der Waals surface area contributed by atoms with Crippen LogP contribution in [0.4, 0.5) is 0 Å². The minimum atomic E-state index is -0.173. The molecule has 0 radical (unpaired) electrons.